The summed E-state index contributed by atoms with van der Waals surface area (Å²) in [4.78, 5) is 25.2. The highest BCUT2D eigenvalue weighted by Gasteiger charge is 2.14. The van der Waals surface area contributed by atoms with Gasteiger partial charge < -0.3 is 19.5 Å². The quantitative estimate of drug-likeness (QED) is 0.319. The minimum atomic E-state index is -0.382. The van der Waals surface area contributed by atoms with Crippen molar-refractivity contribution in [1.82, 2.24) is 0 Å². The van der Waals surface area contributed by atoms with E-state index in [4.69, 9.17) is 25.8 Å². The van der Waals surface area contributed by atoms with Gasteiger partial charge >= 0.3 is 5.97 Å². The highest BCUT2D eigenvalue weighted by Crippen LogP contribution is 2.29. The number of ether oxygens (including phenoxy) is 3. The molecule has 0 atom stereocenters. The zero-order chi connectivity index (χ0) is 23.4. The van der Waals surface area contributed by atoms with Gasteiger partial charge in [-0.3, -0.25) is 4.79 Å². The summed E-state index contributed by atoms with van der Waals surface area (Å²) in [5, 5.41) is 4.33. The molecule has 0 aliphatic heterocycles. The lowest BCUT2D eigenvalue weighted by Gasteiger charge is -2.13. The highest BCUT2D eigenvalue weighted by molar-refractivity contribution is 7.20. The molecule has 168 valence electrons. The molecule has 4 rings (SSSR count). The first kappa shape index (κ1) is 22.6. The van der Waals surface area contributed by atoms with Gasteiger partial charge in [-0.25, -0.2) is 4.79 Å². The molecule has 0 spiro atoms. The molecule has 0 radical (unpaired) electrons. The molecule has 0 saturated carbocycles. The van der Waals surface area contributed by atoms with Crippen molar-refractivity contribution >= 4 is 50.6 Å². The molecule has 1 heterocycles. The van der Waals surface area contributed by atoms with Crippen molar-refractivity contribution in [2.45, 2.75) is 6.61 Å². The van der Waals surface area contributed by atoms with Crippen LogP contribution in [0.15, 0.2) is 66.7 Å². The van der Waals surface area contributed by atoms with Crippen molar-refractivity contribution in [3.63, 3.8) is 0 Å². The van der Waals surface area contributed by atoms with Gasteiger partial charge in [-0.15, -0.1) is 11.3 Å². The van der Waals surface area contributed by atoms with Crippen LogP contribution in [0.4, 0.5) is 5.69 Å². The Morgan fingerprint density at radius 1 is 1.00 bits per heavy atom. The number of hydrogen-bond acceptors (Lipinski definition) is 6. The molecule has 1 amide bonds. The van der Waals surface area contributed by atoms with Crippen LogP contribution in [0, 0.1) is 0 Å². The van der Waals surface area contributed by atoms with Crippen LogP contribution in [0.1, 0.15) is 25.6 Å². The fourth-order valence-corrected chi connectivity index (χ4v) is 4.42. The third-order valence-corrected chi connectivity index (χ3v) is 6.22. The zero-order valence-corrected chi connectivity index (χ0v) is 19.5. The Balaban J connectivity index is 1.51. The summed E-state index contributed by atoms with van der Waals surface area (Å²) >= 11 is 7.35. The van der Waals surface area contributed by atoms with Crippen LogP contribution in [0.25, 0.3) is 10.1 Å². The van der Waals surface area contributed by atoms with E-state index in [1.54, 1.807) is 61.7 Å². The largest absolute Gasteiger partial charge is 0.496 e. The lowest BCUT2D eigenvalue weighted by molar-refractivity contribution is 0.0606. The van der Waals surface area contributed by atoms with E-state index < -0.39 is 0 Å². The van der Waals surface area contributed by atoms with Gasteiger partial charge in [0.15, 0.2) is 0 Å². The average Bonchev–Trinajstić information content (AvgIpc) is 3.25. The Morgan fingerprint density at radius 3 is 2.61 bits per heavy atom. The minimum absolute atomic E-state index is 0.210. The summed E-state index contributed by atoms with van der Waals surface area (Å²) in [6.07, 6.45) is 0. The first-order valence-electron chi connectivity index (χ1n) is 9.95. The molecule has 3 aromatic carbocycles. The number of halogens is 1. The number of fused-ring (bicyclic) bond motifs is 1. The molecule has 0 bridgehead atoms. The fraction of sp³-hybridized carbons (Fsp3) is 0.120. The van der Waals surface area contributed by atoms with Crippen LogP contribution < -0.4 is 14.8 Å². The molecular weight excluding hydrogens is 462 g/mol. The maximum absolute atomic E-state index is 12.9. The van der Waals surface area contributed by atoms with Gasteiger partial charge in [0.2, 0.25) is 0 Å². The van der Waals surface area contributed by atoms with Crippen LogP contribution in [-0.2, 0) is 11.3 Å². The number of amides is 1. The Kier molecular flexibility index (Phi) is 6.82. The number of carbonyl (C=O) groups excluding carboxylic acids is 2. The van der Waals surface area contributed by atoms with Crippen LogP contribution in [0.5, 0.6) is 11.5 Å². The Morgan fingerprint density at radius 2 is 1.85 bits per heavy atom. The average molecular weight is 482 g/mol. The maximum Gasteiger partial charge on any atom is 0.348 e. The topological polar surface area (TPSA) is 73.9 Å². The van der Waals surface area contributed by atoms with Crippen molar-refractivity contribution in [3.8, 4) is 11.5 Å². The van der Waals surface area contributed by atoms with Crippen LogP contribution >= 0.6 is 22.9 Å². The highest BCUT2D eigenvalue weighted by atomic mass is 35.5. The molecule has 1 N–H and O–H groups in total. The van der Waals surface area contributed by atoms with Gasteiger partial charge in [-0.05, 0) is 66.0 Å². The Hall–Kier alpha value is -3.55. The molecule has 8 heteroatoms. The third-order valence-electron chi connectivity index (χ3n) is 4.89. The second-order valence-electron chi connectivity index (χ2n) is 7.08. The molecule has 0 unspecified atom stereocenters. The maximum atomic E-state index is 12.9. The molecule has 33 heavy (non-hydrogen) atoms. The van der Waals surface area contributed by atoms with Crippen LogP contribution in [0.3, 0.4) is 0 Å². The van der Waals surface area contributed by atoms with E-state index in [2.05, 4.69) is 5.32 Å². The van der Waals surface area contributed by atoms with Gasteiger partial charge in [-0.1, -0.05) is 17.7 Å². The molecule has 6 nitrogen and oxygen atoms in total. The summed E-state index contributed by atoms with van der Waals surface area (Å²) in [5.41, 5.74) is 1.80. The monoisotopic (exact) mass is 481 g/mol. The van der Waals surface area contributed by atoms with Gasteiger partial charge in [0.25, 0.3) is 5.91 Å². The Bertz CT molecular complexity index is 1330. The predicted molar refractivity (Wildman–Crippen MR) is 130 cm³/mol. The second kappa shape index (κ2) is 9.94. The van der Waals surface area contributed by atoms with Gasteiger partial charge in [0, 0.05) is 26.5 Å². The third kappa shape index (κ3) is 5.27. The van der Waals surface area contributed by atoms with Gasteiger partial charge in [0.05, 0.1) is 14.2 Å². The lowest BCUT2D eigenvalue weighted by Crippen LogP contribution is -2.12. The van der Waals surface area contributed by atoms with E-state index in [1.165, 1.54) is 18.4 Å². The first-order chi connectivity index (χ1) is 16.0. The first-order valence-corrected chi connectivity index (χ1v) is 11.1. The van der Waals surface area contributed by atoms with Crippen molar-refractivity contribution in [3.05, 3.63) is 87.8 Å². The van der Waals surface area contributed by atoms with E-state index >= 15 is 0 Å². The molecule has 4 aromatic rings. The van der Waals surface area contributed by atoms with E-state index in [0.717, 1.165) is 15.6 Å². The minimum Gasteiger partial charge on any atom is -0.496 e. The SMILES string of the molecule is COC(=O)c1cc2cc(NC(=O)c3ccc(OC)c(COc4cccc(Cl)c4)c3)ccc2s1. The van der Waals surface area contributed by atoms with Crippen LogP contribution in [0.2, 0.25) is 5.02 Å². The molecule has 0 fully saturated rings. The zero-order valence-electron chi connectivity index (χ0n) is 17.9. The number of carbonyl (C=O) groups is 2. The lowest BCUT2D eigenvalue weighted by atomic mass is 10.1. The number of thiophene rings is 1. The number of rotatable bonds is 7. The fourth-order valence-electron chi connectivity index (χ4n) is 3.28. The molecular formula is C25H20ClNO5S. The van der Waals surface area contributed by atoms with E-state index in [9.17, 15) is 9.59 Å². The van der Waals surface area contributed by atoms with E-state index in [1.807, 2.05) is 12.1 Å². The summed E-state index contributed by atoms with van der Waals surface area (Å²) in [7, 11) is 2.91. The molecule has 0 aliphatic carbocycles. The van der Waals surface area contributed by atoms with Gasteiger partial charge in [0.1, 0.15) is 23.0 Å². The predicted octanol–water partition coefficient (Wildman–Crippen LogP) is 6.18. The van der Waals surface area contributed by atoms with E-state index in [0.29, 0.717) is 32.6 Å². The smallest absolute Gasteiger partial charge is 0.348 e. The second-order valence-corrected chi connectivity index (χ2v) is 8.60. The summed E-state index contributed by atoms with van der Waals surface area (Å²) in [6, 6.07) is 19.5. The number of methoxy groups -OCH3 is 2. The molecule has 0 aliphatic rings. The van der Waals surface area contributed by atoms with Crippen molar-refractivity contribution in [2.75, 3.05) is 19.5 Å². The standard InChI is InChI=1S/C25H20ClNO5S/c1-30-21-8-6-15(10-17(21)14-32-20-5-3-4-18(26)13-20)24(28)27-19-7-9-22-16(11-19)12-23(33-22)25(29)31-2/h3-13H,14H2,1-2H3,(H,27,28). The van der Waals surface area contributed by atoms with Crippen LogP contribution in [-0.4, -0.2) is 26.1 Å². The Labute approximate surface area is 199 Å². The summed E-state index contributed by atoms with van der Waals surface area (Å²) in [5.74, 6) is 0.579. The van der Waals surface area contributed by atoms with Gasteiger partial charge in [-0.2, -0.15) is 0 Å². The summed E-state index contributed by atoms with van der Waals surface area (Å²) < 4.78 is 16.9. The molecule has 0 saturated heterocycles. The van der Waals surface area contributed by atoms with Crippen molar-refractivity contribution in [1.29, 1.82) is 0 Å². The summed E-state index contributed by atoms with van der Waals surface area (Å²) in [6.45, 7) is 0.210. The number of hydrogen-bond donors (Lipinski definition) is 1. The number of benzene rings is 3. The van der Waals surface area contributed by atoms with Crippen molar-refractivity contribution in [2.24, 2.45) is 0 Å². The normalized spacial score (nSPS) is 10.6. The number of esters is 1. The number of nitrogens with one attached hydrogen (secondary N) is 1. The number of anilines is 1. The van der Waals surface area contributed by atoms with E-state index in [-0.39, 0.29) is 18.5 Å². The van der Waals surface area contributed by atoms with Crippen molar-refractivity contribution < 1.29 is 23.8 Å². The molecule has 1 aromatic heterocycles.